The van der Waals surface area contributed by atoms with Crippen LogP contribution in [-0.2, 0) is 16.3 Å². The van der Waals surface area contributed by atoms with E-state index in [1.54, 1.807) is 0 Å². The SMILES string of the molecule is C[Si](C)OCCc1nc2c(C(C)(C)C)cccc2[nH]1. The van der Waals surface area contributed by atoms with Crippen LogP contribution in [0.3, 0.4) is 0 Å². The van der Waals surface area contributed by atoms with E-state index < -0.39 is 9.04 Å². The predicted octanol–water partition coefficient (Wildman–Crippen LogP) is 3.67. The fraction of sp³-hybridized carbons (Fsp3) is 0.533. The lowest BCUT2D eigenvalue weighted by molar-refractivity contribution is 0.328. The Morgan fingerprint density at radius 1 is 1.26 bits per heavy atom. The molecule has 0 fully saturated rings. The predicted molar refractivity (Wildman–Crippen MR) is 81.9 cm³/mol. The summed E-state index contributed by atoms with van der Waals surface area (Å²) in [6.45, 7) is 11.7. The molecule has 103 valence electrons. The number of imidazole rings is 1. The van der Waals surface area contributed by atoms with Crippen molar-refractivity contribution in [3.05, 3.63) is 29.6 Å². The highest BCUT2D eigenvalue weighted by Gasteiger charge is 2.18. The second-order valence-corrected chi connectivity index (χ2v) is 8.25. The molecule has 1 aromatic heterocycles. The van der Waals surface area contributed by atoms with Crippen molar-refractivity contribution in [2.24, 2.45) is 0 Å². The number of fused-ring (bicyclic) bond motifs is 1. The molecule has 0 saturated heterocycles. The van der Waals surface area contributed by atoms with Crippen molar-refractivity contribution in [2.75, 3.05) is 6.61 Å². The van der Waals surface area contributed by atoms with Crippen LogP contribution in [0.4, 0.5) is 0 Å². The fourth-order valence-corrected chi connectivity index (χ4v) is 2.67. The Hall–Kier alpha value is -1.13. The van der Waals surface area contributed by atoms with Crippen molar-refractivity contribution in [3.63, 3.8) is 0 Å². The van der Waals surface area contributed by atoms with Gasteiger partial charge in [0.25, 0.3) is 0 Å². The molecule has 0 unspecified atom stereocenters. The van der Waals surface area contributed by atoms with Crippen LogP contribution < -0.4 is 0 Å². The van der Waals surface area contributed by atoms with Gasteiger partial charge in [-0.15, -0.1) is 0 Å². The summed E-state index contributed by atoms with van der Waals surface area (Å²) in [6.07, 6.45) is 0.855. The van der Waals surface area contributed by atoms with Gasteiger partial charge in [-0.25, -0.2) is 4.98 Å². The standard InChI is InChI=1S/C15H23N2OSi/c1-15(2,3)11-7-6-8-12-14(11)17-13(16-12)9-10-18-19(4)5/h6-8H,9-10H2,1-5H3,(H,16,17). The van der Waals surface area contributed by atoms with Crippen molar-refractivity contribution in [2.45, 2.75) is 45.7 Å². The van der Waals surface area contributed by atoms with Gasteiger partial charge in [0, 0.05) is 13.0 Å². The number of nitrogens with one attached hydrogen (secondary N) is 1. The van der Waals surface area contributed by atoms with Gasteiger partial charge in [0.1, 0.15) is 5.82 Å². The third kappa shape index (κ3) is 3.45. The first-order chi connectivity index (χ1) is 8.88. The van der Waals surface area contributed by atoms with E-state index >= 15 is 0 Å². The summed E-state index contributed by atoms with van der Waals surface area (Å²) in [5.41, 5.74) is 3.64. The Morgan fingerprint density at radius 3 is 2.63 bits per heavy atom. The molecular weight excluding hydrogens is 252 g/mol. The molecule has 0 atom stereocenters. The van der Waals surface area contributed by atoms with Crippen LogP contribution in [-0.4, -0.2) is 25.6 Å². The second kappa shape index (κ2) is 5.47. The van der Waals surface area contributed by atoms with Crippen LogP contribution in [0.5, 0.6) is 0 Å². The molecule has 19 heavy (non-hydrogen) atoms. The maximum atomic E-state index is 5.68. The highest BCUT2D eigenvalue weighted by Crippen LogP contribution is 2.28. The van der Waals surface area contributed by atoms with E-state index in [1.807, 2.05) is 0 Å². The number of benzene rings is 1. The smallest absolute Gasteiger partial charge is 0.204 e. The van der Waals surface area contributed by atoms with E-state index in [0.717, 1.165) is 29.9 Å². The third-order valence-corrected chi connectivity index (χ3v) is 3.88. The molecule has 0 aliphatic carbocycles. The van der Waals surface area contributed by atoms with Crippen LogP contribution in [0.2, 0.25) is 13.1 Å². The average Bonchev–Trinajstić information content (AvgIpc) is 2.69. The largest absolute Gasteiger partial charge is 0.417 e. The quantitative estimate of drug-likeness (QED) is 0.865. The Labute approximate surface area is 117 Å². The van der Waals surface area contributed by atoms with Gasteiger partial charge in [-0.3, -0.25) is 0 Å². The van der Waals surface area contributed by atoms with Crippen LogP contribution in [0.1, 0.15) is 32.2 Å². The van der Waals surface area contributed by atoms with Gasteiger partial charge in [0.2, 0.25) is 9.04 Å². The molecule has 0 bridgehead atoms. The number of aromatic amines is 1. The van der Waals surface area contributed by atoms with Crippen molar-refractivity contribution in [3.8, 4) is 0 Å². The molecule has 2 aromatic rings. The molecule has 0 aliphatic heterocycles. The first-order valence-corrected chi connectivity index (χ1v) is 9.20. The topological polar surface area (TPSA) is 37.9 Å². The van der Waals surface area contributed by atoms with Crippen molar-refractivity contribution >= 4 is 20.1 Å². The molecule has 0 saturated carbocycles. The molecule has 0 aliphatic rings. The lowest BCUT2D eigenvalue weighted by Gasteiger charge is -2.19. The molecule has 0 spiro atoms. The lowest BCUT2D eigenvalue weighted by atomic mass is 9.86. The van der Waals surface area contributed by atoms with Gasteiger partial charge in [-0.2, -0.15) is 0 Å². The number of H-pyrrole nitrogens is 1. The van der Waals surface area contributed by atoms with Crippen molar-refractivity contribution in [1.82, 2.24) is 9.97 Å². The molecular formula is C15H23N2OSi. The summed E-state index contributed by atoms with van der Waals surface area (Å²) in [6, 6.07) is 6.36. The molecule has 2 rings (SSSR count). The van der Waals surface area contributed by atoms with Gasteiger partial charge in [0.05, 0.1) is 11.0 Å². The van der Waals surface area contributed by atoms with Crippen LogP contribution >= 0.6 is 0 Å². The van der Waals surface area contributed by atoms with Crippen LogP contribution in [0, 0.1) is 0 Å². The maximum absolute atomic E-state index is 5.68. The minimum atomic E-state index is -0.607. The van der Waals surface area contributed by atoms with Crippen molar-refractivity contribution < 1.29 is 4.43 Å². The first-order valence-electron chi connectivity index (χ1n) is 6.79. The summed E-state index contributed by atoms with van der Waals surface area (Å²) in [5.74, 6) is 1.02. The van der Waals surface area contributed by atoms with E-state index in [0.29, 0.717) is 0 Å². The number of nitrogens with zero attached hydrogens (tertiary/aromatic N) is 1. The molecule has 1 aromatic carbocycles. The summed E-state index contributed by atoms with van der Waals surface area (Å²) in [4.78, 5) is 8.15. The average molecular weight is 275 g/mol. The number of hydrogen-bond donors (Lipinski definition) is 1. The van der Waals surface area contributed by atoms with E-state index in [-0.39, 0.29) is 5.41 Å². The van der Waals surface area contributed by atoms with E-state index in [4.69, 9.17) is 9.41 Å². The second-order valence-electron chi connectivity index (χ2n) is 6.14. The third-order valence-electron chi connectivity index (χ3n) is 3.10. The first kappa shape index (κ1) is 14.3. The van der Waals surface area contributed by atoms with E-state index in [1.165, 1.54) is 5.56 Å². The lowest BCUT2D eigenvalue weighted by Crippen LogP contribution is -2.12. The van der Waals surface area contributed by atoms with Gasteiger partial charge >= 0.3 is 0 Å². The molecule has 3 nitrogen and oxygen atoms in total. The van der Waals surface area contributed by atoms with Gasteiger partial charge in [-0.05, 0) is 30.1 Å². The summed E-state index contributed by atoms with van der Waals surface area (Å²) < 4.78 is 5.68. The fourth-order valence-electron chi connectivity index (χ4n) is 2.16. The minimum Gasteiger partial charge on any atom is -0.417 e. The molecule has 0 amide bonds. The van der Waals surface area contributed by atoms with Crippen molar-refractivity contribution in [1.29, 1.82) is 0 Å². The molecule has 1 radical (unpaired) electrons. The number of aromatic nitrogens is 2. The van der Waals surface area contributed by atoms with Crippen LogP contribution in [0.15, 0.2) is 18.2 Å². The van der Waals surface area contributed by atoms with E-state index in [2.05, 4.69) is 57.0 Å². The highest BCUT2D eigenvalue weighted by atomic mass is 28.3. The monoisotopic (exact) mass is 275 g/mol. The molecule has 1 N–H and O–H groups in total. The Bertz CT molecular complexity index is 555. The number of para-hydroxylation sites is 1. The highest BCUT2D eigenvalue weighted by molar-refractivity contribution is 6.48. The van der Waals surface area contributed by atoms with Gasteiger partial charge in [-0.1, -0.05) is 32.9 Å². The van der Waals surface area contributed by atoms with Gasteiger partial charge in [0.15, 0.2) is 0 Å². The Balaban J connectivity index is 2.25. The van der Waals surface area contributed by atoms with Gasteiger partial charge < -0.3 is 9.41 Å². The zero-order valence-corrected chi connectivity index (χ0v) is 13.5. The number of rotatable bonds is 4. The maximum Gasteiger partial charge on any atom is 0.204 e. The molecule has 1 heterocycles. The zero-order chi connectivity index (χ0) is 14.0. The summed E-state index contributed by atoms with van der Waals surface area (Å²) >= 11 is 0. The minimum absolute atomic E-state index is 0.117. The van der Waals surface area contributed by atoms with Crippen LogP contribution in [0.25, 0.3) is 11.0 Å². The summed E-state index contributed by atoms with van der Waals surface area (Å²) in [7, 11) is -0.607. The molecule has 4 heteroatoms. The zero-order valence-electron chi connectivity index (χ0n) is 12.5. The normalized spacial score (nSPS) is 12.5. The van der Waals surface area contributed by atoms with E-state index in [9.17, 15) is 0 Å². The Morgan fingerprint density at radius 2 is 2.00 bits per heavy atom. The Kier molecular flexibility index (Phi) is 4.11. The summed E-state index contributed by atoms with van der Waals surface area (Å²) in [5, 5.41) is 0. The number of hydrogen-bond acceptors (Lipinski definition) is 2.